The second-order valence-electron chi connectivity index (χ2n) is 10.5. The highest BCUT2D eigenvalue weighted by atomic mass is 16.5. The summed E-state index contributed by atoms with van der Waals surface area (Å²) in [5.74, 6) is 0.888. The average molecular weight is 612 g/mol. The van der Waals surface area contributed by atoms with E-state index in [4.69, 9.17) is 28.7 Å². The first-order valence-electron chi connectivity index (χ1n) is 14.6. The standard InChI is InChI=1S/C35H37N3O7/c1-7-14-38-20-22(24-10-8-9-11-30(24)38)15-29(35(40)45-6)37-34(39)26-19-28(36-27-13-12-23(41-2)18-25(26)27)21-16-31(42-3)33(44-5)32(17-21)43-4/h8-13,16-20,29H,7,14-15H2,1-6H3,(H,37,39). The molecule has 0 saturated carbocycles. The summed E-state index contributed by atoms with van der Waals surface area (Å²) in [4.78, 5) is 32.0. The highest BCUT2D eigenvalue weighted by Crippen LogP contribution is 2.41. The zero-order chi connectivity index (χ0) is 32.1. The molecule has 0 radical (unpaired) electrons. The first-order chi connectivity index (χ1) is 21.8. The number of pyridine rings is 1. The van der Waals surface area contributed by atoms with Gasteiger partial charge in [0, 0.05) is 41.0 Å². The Bertz CT molecular complexity index is 1840. The van der Waals surface area contributed by atoms with Crippen LogP contribution in [0.25, 0.3) is 33.1 Å². The van der Waals surface area contributed by atoms with Gasteiger partial charge in [0.25, 0.3) is 5.91 Å². The number of ether oxygens (including phenoxy) is 5. The molecule has 2 heterocycles. The second kappa shape index (κ2) is 13.6. The van der Waals surface area contributed by atoms with Gasteiger partial charge >= 0.3 is 5.97 Å². The van der Waals surface area contributed by atoms with Crippen molar-refractivity contribution < 1.29 is 33.3 Å². The van der Waals surface area contributed by atoms with Crippen LogP contribution in [0.15, 0.2) is 66.9 Å². The smallest absolute Gasteiger partial charge is 0.328 e. The number of benzene rings is 3. The fourth-order valence-corrected chi connectivity index (χ4v) is 5.60. The first kappa shape index (κ1) is 31.2. The molecule has 0 spiro atoms. The molecule has 0 aliphatic carbocycles. The van der Waals surface area contributed by atoms with E-state index in [2.05, 4.69) is 22.9 Å². The Morgan fingerprint density at radius 3 is 2.24 bits per heavy atom. The normalized spacial score (nSPS) is 11.7. The second-order valence-corrected chi connectivity index (χ2v) is 10.5. The number of nitrogens with zero attached hydrogens (tertiary/aromatic N) is 2. The van der Waals surface area contributed by atoms with Crippen molar-refractivity contribution >= 4 is 33.7 Å². The summed E-state index contributed by atoms with van der Waals surface area (Å²) < 4.78 is 29.4. The maximum absolute atomic E-state index is 14.1. The Hall–Kier alpha value is -5.25. The van der Waals surface area contributed by atoms with Crippen LogP contribution in [-0.2, 0) is 22.5 Å². The lowest BCUT2D eigenvalue weighted by Crippen LogP contribution is -2.43. The van der Waals surface area contributed by atoms with Crippen LogP contribution in [0.1, 0.15) is 29.3 Å². The van der Waals surface area contributed by atoms with E-state index in [9.17, 15) is 9.59 Å². The number of esters is 1. The lowest BCUT2D eigenvalue weighted by Gasteiger charge is -2.18. The summed E-state index contributed by atoms with van der Waals surface area (Å²) in [7, 11) is 7.47. The molecule has 0 bridgehead atoms. The minimum atomic E-state index is -0.943. The van der Waals surface area contributed by atoms with Gasteiger partial charge in [0.15, 0.2) is 11.5 Å². The van der Waals surface area contributed by atoms with E-state index in [0.29, 0.717) is 50.7 Å². The molecular weight excluding hydrogens is 574 g/mol. The monoisotopic (exact) mass is 611 g/mol. The molecule has 1 unspecified atom stereocenters. The molecule has 45 heavy (non-hydrogen) atoms. The van der Waals surface area contributed by atoms with Gasteiger partial charge < -0.3 is 33.6 Å². The minimum Gasteiger partial charge on any atom is -0.497 e. The van der Waals surface area contributed by atoms with Gasteiger partial charge in [-0.2, -0.15) is 0 Å². The van der Waals surface area contributed by atoms with Crippen LogP contribution in [0.4, 0.5) is 0 Å². The number of fused-ring (bicyclic) bond motifs is 2. The van der Waals surface area contributed by atoms with E-state index >= 15 is 0 Å². The SMILES string of the molecule is CCCn1cc(CC(NC(=O)c2cc(-c3cc(OC)c(OC)c(OC)c3)nc3ccc(OC)cc23)C(=O)OC)c2ccccc21. The van der Waals surface area contributed by atoms with E-state index in [1.165, 1.54) is 28.4 Å². The average Bonchev–Trinajstić information content (AvgIpc) is 3.42. The molecule has 10 heteroatoms. The third-order valence-corrected chi connectivity index (χ3v) is 7.77. The molecule has 5 aromatic rings. The quantitative estimate of drug-likeness (QED) is 0.176. The van der Waals surface area contributed by atoms with Crippen molar-refractivity contribution in [1.29, 1.82) is 0 Å². The van der Waals surface area contributed by atoms with Gasteiger partial charge in [-0.15, -0.1) is 0 Å². The Labute approximate surface area is 261 Å². The predicted octanol–water partition coefficient (Wildman–Crippen LogP) is 5.82. The molecule has 234 valence electrons. The highest BCUT2D eigenvalue weighted by molar-refractivity contribution is 6.08. The van der Waals surface area contributed by atoms with Crippen LogP contribution < -0.4 is 24.3 Å². The van der Waals surface area contributed by atoms with Gasteiger partial charge in [-0.05, 0) is 54.4 Å². The van der Waals surface area contributed by atoms with Crippen LogP contribution >= 0.6 is 0 Å². The number of methoxy groups -OCH3 is 5. The minimum absolute atomic E-state index is 0.252. The Kier molecular flexibility index (Phi) is 9.42. The molecule has 0 fully saturated rings. The molecule has 0 saturated heterocycles. The van der Waals surface area contributed by atoms with Crippen molar-refractivity contribution in [3.05, 3.63) is 78.0 Å². The van der Waals surface area contributed by atoms with Crippen LogP contribution in [0.2, 0.25) is 0 Å². The molecule has 1 amide bonds. The summed E-state index contributed by atoms with van der Waals surface area (Å²) in [6.07, 6.45) is 3.26. The predicted molar refractivity (Wildman–Crippen MR) is 173 cm³/mol. The Balaban J connectivity index is 1.59. The third kappa shape index (κ3) is 6.22. The lowest BCUT2D eigenvalue weighted by molar-refractivity contribution is -0.142. The van der Waals surface area contributed by atoms with Gasteiger partial charge in [0.1, 0.15) is 11.8 Å². The number of carbonyl (C=O) groups is 2. The number of hydrogen-bond acceptors (Lipinski definition) is 8. The molecule has 10 nitrogen and oxygen atoms in total. The van der Waals surface area contributed by atoms with Crippen molar-refractivity contribution in [1.82, 2.24) is 14.9 Å². The van der Waals surface area contributed by atoms with Crippen molar-refractivity contribution in [2.75, 3.05) is 35.5 Å². The molecule has 1 N–H and O–H groups in total. The zero-order valence-corrected chi connectivity index (χ0v) is 26.3. The fourth-order valence-electron chi connectivity index (χ4n) is 5.60. The number of amides is 1. The maximum atomic E-state index is 14.1. The van der Waals surface area contributed by atoms with Gasteiger partial charge in [0.05, 0.1) is 52.3 Å². The van der Waals surface area contributed by atoms with Crippen molar-refractivity contribution in [2.24, 2.45) is 0 Å². The van der Waals surface area contributed by atoms with Gasteiger partial charge in [0.2, 0.25) is 5.75 Å². The number of rotatable bonds is 12. The first-order valence-corrected chi connectivity index (χ1v) is 14.6. The zero-order valence-electron chi connectivity index (χ0n) is 26.3. The van der Waals surface area contributed by atoms with Crippen LogP contribution in [0, 0.1) is 0 Å². The number of nitrogens with one attached hydrogen (secondary N) is 1. The summed E-state index contributed by atoms with van der Waals surface area (Å²) in [6.45, 7) is 2.95. The maximum Gasteiger partial charge on any atom is 0.328 e. The van der Waals surface area contributed by atoms with Crippen LogP contribution in [-0.4, -0.2) is 63.0 Å². The van der Waals surface area contributed by atoms with Gasteiger partial charge in [-0.25, -0.2) is 9.78 Å². The molecule has 2 aromatic heterocycles. The van der Waals surface area contributed by atoms with E-state index in [-0.39, 0.29) is 6.42 Å². The fraction of sp³-hybridized carbons (Fsp3) is 0.286. The Morgan fingerprint density at radius 1 is 0.867 bits per heavy atom. The summed E-state index contributed by atoms with van der Waals surface area (Å²) >= 11 is 0. The van der Waals surface area contributed by atoms with Crippen LogP contribution in [0.3, 0.4) is 0 Å². The summed E-state index contributed by atoms with van der Waals surface area (Å²) in [6, 6.07) is 17.6. The molecule has 0 aliphatic rings. The number of carbonyl (C=O) groups excluding carboxylic acids is 2. The lowest BCUT2D eigenvalue weighted by atomic mass is 10.0. The largest absolute Gasteiger partial charge is 0.497 e. The van der Waals surface area contributed by atoms with E-state index in [1.54, 1.807) is 43.5 Å². The van der Waals surface area contributed by atoms with Crippen molar-refractivity contribution in [3.63, 3.8) is 0 Å². The summed E-state index contributed by atoms with van der Waals surface area (Å²) in [5.41, 5.74) is 4.02. The number of para-hydroxylation sites is 1. The van der Waals surface area contributed by atoms with Gasteiger partial charge in [-0.3, -0.25) is 4.79 Å². The number of aromatic nitrogens is 2. The number of hydrogen-bond donors (Lipinski definition) is 1. The molecule has 1 atom stereocenters. The third-order valence-electron chi connectivity index (χ3n) is 7.77. The highest BCUT2D eigenvalue weighted by Gasteiger charge is 2.26. The van der Waals surface area contributed by atoms with E-state index in [0.717, 1.165) is 29.4 Å². The van der Waals surface area contributed by atoms with Crippen molar-refractivity contribution in [2.45, 2.75) is 32.4 Å². The molecule has 3 aromatic carbocycles. The number of aryl methyl sites for hydroxylation is 1. The Morgan fingerprint density at radius 2 is 1.60 bits per heavy atom. The topological polar surface area (TPSA) is 110 Å². The van der Waals surface area contributed by atoms with E-state index in [1.807, 2.05) is 24.4 Å². The molecular formula is C35H37N3O7. The van der Waals surface area contributed by atoms with E-state index < -0.39 is 17.9 Å². The molecule has 0 aliphatic heterocycles. The molecule has 5 rings (SSSR count). The van der Waals surface area contributed by atoms with Crippen LogP contribution in [0.5, 0.6) is 23.0 Å². The van der Waals surface area contributed by atoms with Gasteiger partial charge in [-0.1, -0.05) is 25.1 Å². The van der Waals surface area contributed by atoms with Crippen molar-refractivity contribution in [3.8, 4) is 34.3 Å². The summed E-state index contributed by atoms with van der Waals surface area (Å²) in [5, 5.41) is 4.54.